The third-order valence-corrected chi connectivity index (χ3v) is 2.48. The van der Waals surface area contributed by atoms with Gasteiger partial charge in [-0.3, -0.25) is 0 Å². The van der Waals surface area contributed by atoms with Gasteiger partial charge in [0.15, 0.2) is 0 Å². The van der Waals surface area contributed by atoms with Crippen molar-refractivity contribution in [1.29, 1.82) is 0 Å². The molecule has 1 rings (SSSR count). The van der Waals surface area contributed by atoms with E-state index in [1.165, 1.54) is 0 Å². The van der Waals surface area contributed by atoms with Crippen LogP contribution in [-0.2, 0) is 4.74 Å². The molecule has 1 fully saturated rings. The van der Waals surface area contributed by atoms with Crippen molar-refractivity contribution >= 4 is 0 Å². The van der Waals surface area contributed by atoms with Gasteiger partial charge in [0.1, 0.15) is 0 Å². The van der Waals surface area contributed by atoms with Crippen LogP contribution in [0.3, 0.4) is 0 Å². The summed E-state index contributed by atoms with van der Waals surface area (Å²) in [6.45, 7) is 8.95. The van der Waals surface area contributed by atoms with Gasteiger partial charge in [0, 0.05) is 19.7 Å². The first-order valence-corrected chi connectivity index (χ1v) is 4.86. The maximum absolute atomic E-state index is 5.75. The van der Waals surface area contributed by atoms with Crippen molar-refractivity contribution in [3.8, 4) is 0 Å². The SMILES string of the molecule is C=C(C)CNC1(CN)CCCOC1. The summed E-state index contributed by atoms with van der Waals surface area (Å²) in [7, 11) is 0. The van der Waals surface area contributed by atoms with Gasteiger partial charge in [0.05, 0.1) is 12.1 Å². The summed E-state index contributed by atoms with van der Waals surface area (Å²) >= 11 is 0. The molecule has 0 radical (unpaired) electrons. The van der Waals surface area contributed by atoms with E-state index in [2.05, 4.69) is 11.9 Å². The zero-order valence-electron chi connectivity index (χ0n) is 8.44. The predicted molar refractivity (Wildman–Crippen MR) is 54.7 cm³/mol. The van der Waals surface area contributed by atoms with E-state index in [1.54, 1.807) is 0 Å². The molecule has 3 nitrogen and oxygen atoms in total. The molecular formula is C10H20N2O. The van der Waals surface area contributed by atoms with Crippen LogP contribution in [0.4, 0.5) is 0 Å². The molecule has 0 spiro atoms. The van der Waals surface area contributed by atoms with Crippen molar-refractivity contribution in [2.75, 3.05) is 26.3 Å². The van der Waals surface area contributed by atoms with Crippen LogP contribution < -0.4 is 11.1 Å². The van der Waals surface area contributed by atoms with Crippen LogP contribution >= 0.6 is 0 Å². The summed E-state index contributed by atoms with van der Waals surface area (Å²) in [6.07, 6.45) is 2.21. The van der Waals surface area contributed by atoms with Crippen molar-refractivity contribution in [2.24, 2.45) is 5.73 Å². The summed E-state index contributed by atoms with van der Waals surface area (Å²) in [6, 6.07) is 0. The third kappa shape index (κ3) is 3.10. The van der Waals surface area contributed by atoms with Crippen LogP contribution in [0.25, 0.3) is 0 Å². The molecule has 76 valence electrons. The van der Waals surface area contributed by atoms with Gasteiger partial charge >= 0.3 is 0 Å². The third-order valence-electron chi connectivity index (χ3n) is 2.48. The van der Waals surface area contributed by atoms with Crippen molar-refractivity contribution in [3.05, 3.63) is 12.2 Å². The van der Waals surface area contributed by atoms with Crippen LogP contribution in [0.1, 0.15) is 19.8 Å². The monoisotopic (exact) mass is 184 g/mol. The Bertz CT molecular complexity index is 174. The summed E-state index contributed by atoms with van der Waals surface area (Å²) in [5, 5.41) is 3.43. The molecule has 1 aliphatic rings. The van der Waals surface area contributed by atoms with Gasteiger partial charge in [-0.1, -0.05) is 12.2 Å². The van der Waals surface area contributed by atoms with Crippen LogP contribution in [0.2, 0.25) is 0 Å². The molecule has 0 aromatic heterocycles. The molecule has 3 heteroatoms. The lowest BCUT2D eigenvalue weighted by atomic mass is 9.92. The number of nitrogens with one attached hydrogen (secondary N) is 1. The summed E-state index contributed by atoms with van der Waals surface area (Å²) in [4.78, 5) is 0. The maximum atomic E-state index is 5.75. The second kappa shape index (κ2) is 4.74. The highest BCUT2D eigenvalue weighted by Crippen LogP contribution is 2.17. The fourth-order valence-corrected chi connectivity index (χ4v) is 1.56. The van der Waals surface area contributed by atoms with E-state index < -0.39 is 0 Å². The van der Waals surface area contributed by atoms with Gasteiger partial charge in [-0.05, 0) is 19.8 Å². The van der Waals surface area contributed by atoms with Crippen molar-refractivity contribution in [1.82, 2.24) is 5.32 Å². The van der Waals surface area contributed by atoms with Crippen LogP contribution in [0.5, 0.6) is 0 Å². The highest BCUT2D eigenvalue weighted by molar-refractivity contribution is 4.98. The van der Waals surface area contributed by atoms with E-state index in [0.717, 1.165) is 38.2 Å². The van der Waals surface area contributed by atoms with Gasteiger partial charge in [0.25, 0.3) is 0 Å². The number of nitrogens with two attached hydrogens (primary N) is 1. The Hall–Kier alpha value is -0.380. The molecule has 13 heavy (non-hydrogen) atoms. The van der Waals surface area contributed by atoms with Gasteiger partial charge in [-0.2, -0.15) is 0 Å². The number of hydrogen-bond donors (Lipinski definition) is 2. The Labute approximate surface area is 80.3 Å². The Kier molecular flexibility index (Phi) is 3.90. The minimum absolute atomic E-state index is 0.00278. The maximum Gasteiger partial charge on any atom is 0.0660 e. The first-order chi connectivity index (χ1) is 6.18. The van der Waals surface area contributed by atoms with Crippen molar-refractivity contribution < 1.29 is 4.74 Å². The molecule has 0 bridgehead atoms. The number of ether oxygens (including phenoxy) is 1. The molecule has 0 aliphatic carbocycles. The number of hydrogen-bond acceptors (Lipinski definition) is 3. The van der Waals surface area contributed by atoms with Gasteiger partial charge in [-0.15, -0.1) is 0 Å². The highest BCUT2D eigenvalue weighted by atomic mass is 16.5. The fraction of sp³-hybridized carbons (Fsp3) is 0.800. The fourth-order valence-electron chi connectivity index (χ4n) is 1.56. The molecule has 1 unspecified atom stereocenters. The van der Waals surface area contributed by atoms with Crippen molar-refractivity contribution in [3.63, 3.8) is 0 Å². The first kappa shape index (κ1) is 10.7. The molecule has 0 saturated carbocycles. The largest absolute Gasteiger partial charge is 0.379 e. The molecule has 3 N–H and O–H groups in total. The quantitative estimate of drug-likeness (QED) is 0.631. The molecule has 1 atom stereocenters. The van der Waals surface area contributed by atoms with E-state index in [-0.39, 0.29) is 5.54 Å². The van der Waals surface area contributed by atoms with Crippen LogP contribution in [0.15, 0.2) is 12.2 Å². The highest BCUT2D eigenvalue weighted by Gasteiger charge is 2.30. The van der Waals surface area contributed by atoms with E-state index in [4.69, 9.17) is 10.5 Å². The average Bonchev–Trinajstić information content (AvgIpc) is 2.16. The first-order valence-electron chi connectivity index (χ1n) is 4.86. The minimum atomic E-state index is -0.00278. The Morgan fingerprint density at radius 1 is 1.69 bits per heavy atom. The standard InChI is InChI=1S/C10H20N2O/c1-9(2)6-12-10(7-11)4-3-5-13-8-10/h12H,1,3-8,11H2,2H3. The van der Waals surface area contributed by atoms with Crippen molar-refractivity contribution in [2.45, 2.75) is 25.3 Å². The van der Waals surface area contributed by atoms with Crippen LogP contribution in [0, 0.1) is 0 Å². The molecular weight excluding hydrogens is 164 g/mol. The Morgan fingerprint density at radius 3 is 2.92 bits per heavy atom. The summed E-state index contributed by atoms with van der Waals surface area (Å²) < 4.78 is 5.44. The minimum Gasteiger partial charge on any atom is -0.379 e. The molecule has 0 aromatic carbocycles. The zero-order valence-corrected chi connectivity index (χ0v) is 8.44. The molecule has 1 aliphatic heterocycles. The molecule has 1 saturated heterocycles. The molecule has 0 amide bonds. The second-order valence-corrected chi connectivity index (χ2v) is 3.95. The van der Waals surface area contributed by atoms with E-state index in [9.17, 15) is 0 Å². The summed E-state index contributed by atoms with van der Waals surface area (Å²) in [5.74, 6) is 0. The van der Waals surface area contributed by atoms with Crippen LogP contribution in [-0.4, -0.2) is 31.8 Å². The van der Waals surface area contributed by atoms with Gasteiger partial charge < -0.3 is 15.8 Å². The summed E-state index contributed by atoms with van der Waals surface area (Å²) in [5.41, 5.74) is 6.89. The number of rotatable bonds is 4. The lowest BCUT2D eigenvalue weighted by Gasteiger charge is -2.37. The smallest absolute Gasteiger partial charge is 0.0660 e. The topological polar surface area (TPSA) is 47.3 Å². The lowest BCUT2D eigenvalue weighted by Crippen LogP contribution is -2.56. The van der Waals surface area contributed by atoms with E-state index in [1.807, 2.05) is 6.92 Å². The zero-order chi connectivity index (χ0) is 9.73. The van der Waals surface area contributed by atoms with Gasteiger partial charge in [-0.25, -0.2) is 0 Å². The predicted octanol–water partition coefficient (Wildman–Crippen LogP) is 0.660. The lowest BCUT2D eigenvalue weighted by molar-refractivity contribution is 0.0255. The Morgan fingerprint density at radius 2 is 2.46 bits per heavy atom. The normalized spacial score (nSPS) is 28.8. The molecule has 1 heterocycles. The Balaban J connectivity index is 2.42. The van der Waals surface area contributed by atoms with E-state index in [0.29, 0.717) is 6.54 Å². The second-order valence-electron chi connectivity index (χ2n) is 3.95. The molecule has 0 aromatic rings. The van der Waals surface area contributed by atoms with E-state index >= 15 is 0 Å². The average molecular weight is 184 g/mol. The van der Waals surface area contributed by atoms with Gasteiger partial charge in [0.2, 0.25) is 0 Å².